The van der Waals surface area contributed by atoms with Gasteiger partial charge in [0.15, 0.2) is 0 Å². The summed E-state index contributed by atoms with van der Waals surface area (Å²) < 4.78 is 0. The number of fused-ring (bicyclic) bond motifs is 1. The van der Waals surface area contributed by atoms with Crippen LogP contribution in [-0.2, 0) is 17.8 Å². The number of carbonyl (C=O) groups is 1. The second-order valence-electron chi connectivity index (χ2n) is 3.67. The van der Waals surface area contributed by atoms with Gasteiger partial charge in [-0.25, -0.2) is 0 Å². The van der Waals surface area contributed by atoms with Crippen molar-refractivity contribution in [2.75, 3.05) is 6.54 Å². The Kier molecular flexibility index (Phi) is 2.56. The van der Waals surface area contributed by atoms with E-state index in [4.69, 9.17) is 5.73 Å². The zero-order chi connectivity index (χ0) is 10.1. The molecule has 1 aromatic heterocycles. The molecule has 4 heteroatoms. The molecule has 1 aliphatic heterocycles. The third-order valence-electron chi connectivity index (χ3n) is 2.80. The fourth-order valence-electron chi connectivity index (χ4n) is 1.78. The minimum atomic E-state index is -0.233. The molecule has 0 aromatic carbocycles. The molecular formula is C10H14N2OS. The van der Waals surface area contributed by atoms with Gasteiger partial charge in [0.1, 0.15) is 0 Å². The first kappa shape index (κ1) is 9.68. The Labute approximate surface area is 87.5 Å². The van der Waals surface area contributed by atoms with Crippen molar-refractivity contribution in [2.45, 2.75) is 25.9 Å². The topological polar surface area (TPSA) is 46.3 Å². The Morgan fingerprint density at radius 1 is 1.71 bits per heavy atom. The fraction of sp³-hybridized carbons (Fsp3) is 0.500. The first-order valence-corrected chi connectivity index (χ1v) is 5.65. The Balaban J connectivity index is 2.11. The summed E-state index contributed by atoms with van der Waals surface area (Å²) in [7, 11) is 0. The zero-order valence-electron chi connectivity index (χ0n) is 8.19. The zero-order valence-corrected chi connectivity index (χ0v) is 9.01. The van der Waals surface area contributed by atoms with Crippen LogP contribution in [0.2, 0.25) is 0 Å². The second kappa shape index (κ2) is 3.71. The Hall–Kier alpha value is -0.870. The molecule has 2 heterocycles. The van der Waals surface area contributed by atoms with Crippen LogP contribution in [0.5, 0.6) is 0 Å². The molecule has 0 bridgehead atoms. The van der Waals surface area contributed by atoms with Gasteiger partial charge in [-0.1, -0.05) is 0 Å². The third-order valence-corrected chi connectivity index (χ3v) is 3.82. The molecule has 2 N–H and O–H groups in total. The predicted octanol–water partition coefficient (Wildman–Crippen LogP) is 0.980. The van der Waals surface area contributed by atoms with Gasteiger partial charge >= 0.3 is 0 Å². The van der Waals surface area contributed by atoms with Crippen LogP contribution in [0.1, 0.15) is 17.4 Å². The maximum atomic E-state index is 11.0. The van der Waals surface area contributed by atoms with Crippen LogP contribution in [0, 0.1) is 0 Å². The lowest BCUT2D eigenvalue weighted by Gasteiger charge is -2.30. The van der Waals surface area contributed by atoms with Crippen LogP contribution in [-0.4, -0.2) is 23.4 Å². The van der Waals surface area contributed by atoms with Gasteiger partial charge in [-0.3, -0.25) is 9.69 Å². The number of hydrogen-bond donors (Lipinski definition) is 1. The van der Waals surface area contributed by atoms with E-state index in [0.29, 0.717) is 0 Å². The summed E-state index contributed by atoms with van der Waals surface area (Å²) in [6.45, 7) is 3.68. The standard InChI is InChI=1S/C10H14N2OS/c1-7(10(11)13)12-4-2-9-8(6-12)3-5-14-9/h3,5,7H,2,4,6H2,1H3,(H2,11,13)/t7-/m1/s1. The van der Waals surface area contributed by atoms with Crippen LogP contribution in [0.4, 0.5) is 0 Å². The number of nitrogens with zero attached hydrogens (tertiary/aromatic N) is 1. The second-order valence-corrected chi connectivity index (χ2v) is 4.67. The smallest absolute Gasteiger partial charge is 0.234 e. The summed E-state index contributed by atoms with van der Waals surface area (Å²) in [5.74, 6) is -0.233. The highest BCUT2D eigenvalue weighted by atomic mass is 32.1. The minimum Gasteiger partial charge on any atom is -0.368 e. The van der Waals surface area contributed by atoms with Crippen LogP contribution in [0.3, 0.4) is 0 Å². The van der Waals surface area contributed by atoms with E-state index in [-0.39, 0.29) is 11.9 Å². The van der Waals surface area contributed by atoms with Crippen molar-refractivity contribution in [3.05, 3.63) is 21.9 Å². The molecule has 14 heavy (non-hydrogen) atoms. The van der Waals surface area contributed by atoms with Gasteiger partial charge in [-0.2, -0.15) is 0 Å². The molecule has 1 atom stereocenters. The molecular weight excluding hydrogens is 196 g/mol. The Morgan fingerprint density at radius 2 is 2.50 bits per heavy atom. The molecule has 1 amide bonds. The lowest BCUT2D eigenvalue weighted by Crippen LogP contribution is -2.44. The highest BCUT2D eigenvalue weighted by Gasteiger charge is 2.23. The first-order valence-electron chi connectivity index (χ1n) is 4.77. The summed E-state index contributed by atoms with van der Waals surface area (Å²) in [6, 6.07) is 1.99. The molecule has 2 rings (SSSR count). The number of hydrogen-bond acceptors (Lipinski definition) is 3. The lowest BCUT2D eigenvalue weighted by molar-refractivity contribution is -0.123. The van der Waals surface area contributed by atoms with Crippen molar-refractivity contribution in [3.8, 4) is 0 Å². The Bertz CT molecular complexity index is 348. The quantitative estimate of drug-likeness (QED) is 0.791. The third kappa shape index (κ3) is 1.67. The summed E-state index contributed by atoms with van der Waals surface area (Å²) in [5, 5.41) is 2.11. The van der Waals surface area contributed by atoms with E-state index >= 15 is 0 Å². The summed E-state index contributed by atoms with van der Waals surface area (Å²) in [6.07, 6.45) is 1.05. The first-order chi connectivity index (χ1) is 6.68. The monoisotopic (exact) mass is 210 g/mol. The van der Waals surface area contributed by atoms with E-state index in [1.807, 2.05) is 6.92 Å². The van der Waals surface area contributed by atoms with Gasteiger partial charge < -0.3 is 5.73 Å². The molecule has 0 radical (unpaired) electrons. The number of rotatable bonds is 2. The molecule has 0 saturated carbocycles. The van der Waals surface area contributed by atoms with Crippen LogP contribution >= 0.6 is 11.3 Å². The normalized spacial score (nSPS) is 18.9. The van der Waals surface area contributed by atoms with Crippen molar-refractivity contribution >= 4 is 17.2 Å². The largest absolute Gasteiger partial charge is 0.368 e. The SMILES string of the molecule is C[C@H](C(N)=O)N1CCc2sccc2C1. The molecule has 0 saturated heterocycles. The lowest BCUT2D eigenvalue weighted by atomic mass is 10.1. The van der Waals surface area contributed by atoms with E-state index in [1.165, 1.54) is 10.4 Å². The maximum absolute atomic E-state index is 11.0. The van der Waals surface area contributed by atoms with Gasteiger partial charge in [0.25, 0.3) is 0 Å². The number of thiophene rings is 1. The summed E-state index contributed by atoms with van der Waals surface area (Å²) >= 11 is 1.80. The van der Waals surface area contributed by atoms with Crippen molar-refractivity contribution in [1.82, 2.24) is 4.90 Å². The number of carbonyl (C=O) groups excluding carboxylic acids is 1. The minimum absolute atomic E-state index is 0.150. The maximum Gasteiger partial charge on any atom is 0.234 e. The molecule has 3 nitrogen and oxygen atoms in total. The molecule has 1 aliphatic rings. The number of primary amides is 1. The van der Waals surface area contributed by atoms with Crippen LogP contribution in [0.15, 0.2) is 11.4 Å². The average Bonchev–Trinajstić information content (AvgIpc) is 2.62. The number of amides is 1. The van der Waals surface area contributed by atoms with Gasteiger partial charge in [0.05, 0.1) is 6.04 Å². The van der Waals surface area contributed by atoms with Gasteiger partial charge in [0, 0.05) is 18.0 Å². The van der Waals surface area contributed by atoms with E-state index < -0.39 is 0 Å². The molecule has 76 valence electrons. The van der Waals surface area contributed by atoms with Crippen molar-refractivity contribution < 1.29 is 4.79 Å². The highest BCUT2D eigenvalue weighted by molar-refractivity contribution is 7.10. The van der Waals surface area contributed by atoms with Crippen molar-refractivity contribution in [3.63, 3.8) is 0 Å². The molecule has 0 fully saturated rings. The van der Waals surface area contributed by atoms with E-state index in [2.05, 4.69) is 16.3 Å². The molecule has 0 spiro atoms. The van der Waals surface area contributed by atoms with Gasteiger partial charge in [-0.15, -0.1) is 11.3 Å². The van der Waals surface area contributed by atoms with Gasteiger partial charge in [-0.05, 0) is 30.4 Å². The molecule has 0 aliphatic carbocycles. The summed E-state index contributed by atoms with van der Waals surface area (Å²) in [4.78, 5) is 14.6. The van der Waals surface area contributed by atoms with Crippen LogP contribution in [0.25, 0.3) is 0 Å². The van der Waals surface area contributed by atoms with E-state index in [9.17, 15) is 4.79 Å². The van der Waals surface area contributed by atoms with E-state index in [0.717, 1.165) is 19.5 Å². The summed E-state index contributed by atoms with van der Waals surface area (Å²) in [5.41, 5.74) is 6.64. The fourth-order valence-corrected chi connectivity index (χ4v) is 2.67. The average molecular weight is 210 g/mol. The highest BCUT2D eigenvalue weighted by Crippen LogP contribution is 2.24. The van der Waals surface area contributed by atoms with Crippen molar-refractivity contribution in [2.24, 2.45) is 5.73 Å². The predicted molar refractivity (Wildman–Crippen MR) is 57.1 cm³/mol. The number of nitrogens with two attached hydrogens (primary N) is 1. The molecule has 0 unspecified atom stereocenters. The van der Waals surface area contributed by atoms with Crippen molar-refractivity contribution in [1.29, 1.82) is 0 Å². The van der Waals surface area contributed by atoms with E-state index in [1.54, 1.807) is 11.3 Å². The van der Waals surface area contributed by atoms with Crippen LogP contribution < -0.4 is 5.73 Å². The molecule has 1 aromatic rings. The Morgan fingerprint density at radius 3 is 3.21 bits per heavy atom. The van der Waals surface area contributed by atoms with Gasteiger partial charge in [0.2, 0.25) is 5.91 Å².